The van der Waals surface area contributed by atoms with E-state index in [4.69, 9.17) is 9.85 Å². The lowest BCUT2D eigenvalue weighted by Crippen LogP contribution is -2.68. The van der Waals surface area contributed by atoms with E-state index in [0.717, 1.165) is 31.4 Å². The van der Waals surface area contributed by atoms with Gasteiger partial charge >= 0.3 is 0 Å². The van der Waals surface area contributed by atoms with Gasteiger partial charge in [-0.3, -0.25) is 5.01 Å². The monoisotopic (exact) mass is 293 g/mol. The third kappa shape index (κ3) is 2.21. The highest BCUT2D eigenvalue weighted by molar-refractivity contribution is 5.20. The van der Waals surface area contributed by atoms with E-state index in [0.29, 0.717) is 17.4 Å². The Morgan fingerprint density at radius 2 is 2.05 bits per heavy atom. The van der Waals surface area contributed by atoms with E-state index < -0.39 is 0 Å². The minimum atomic E-state index is 0.0191. The van der Waals surface area contributed by atoms with Crippen molar-refractivity contribution in [1.82, 2.24) is 5.01 Å². The first-order valence-electron chi connectivity index (χ1n) is 8.60. The fraction of sp³-hybridized carbons (Fsp3) is 1.00. The fourth-order valence-corrected chi connectivity index (χ4v) is 4.94. The van der Waals surface area contributed by atoms with E-state index in [1.165, 1.54) is 19.3 Å². The summed E-state index contributed by atoms with van der Waals surface area (Å²) in [5.41, 5.74) is 0.447. The van der Waals surface area contributed by atoms with Crippen LogP contribution in [0, 0.1) is 23.2 Å². The molecule has 4 atom stereocenters. The second-order valence-electron chi connectivity index (χ2n) is 8.33. The van der Waals surface area contributed by atoms with Gasteiger partial charge in [0, 0.05) is 26.7 Å². The maximum atomic E-state index is 5.39. The predicted molar refractivity (Wildman–Crippen MR) is 84.0 cm³/mol. The molecule has 4 aliphatic rings. The zero-order valence-corrected chi connectivity index (χ0v) is 14.3. The quantitative estimate of drug-likeness (QED) is 0.744. The molecule has 0 radical (unpaired) electrons. The summed E-state index contributed by atoms with van der Waals surface area (Å²) in [6.07, 6.45) is 4.83. The molecule has 4 rings (SSSR count). The molecule has 3 aliphatic carbocycles. The minimum absolute atomic E-state index is 0.0191. The summed E-state index contributed by atoms with van der Waals surface area (Å²) in [6, 6.07) is 0.517. The van der Waals surface area contributed by atoms with Crippen molar-refractivity contribution in [3.05, 3.63) is 0 Å². The molecule has 3 fully saturated rings. The van der Waals surface area contributed by atoms with Crippen LogP contribution in [0.1, 0.15) is 53.4 Å². The molecule has 0 spiro atoms. The van der Waals surface area contributed by atoms with E-state index in [1.54, 1.807) is 7.11 Å². The van der Waals surface area contributed by atoms with Gasteiger partial charge in [0.15, 0.2) is 0 Å². The molecule has 1 aliphatic heterocycles. The van der Waals surface area contributed by atoms with Gasteiger partial charge in [-0.1, -0.05) is 32.9 Å². The molecule has 0 amide bonds. The molecule has 0 aromatic heterocycles. The van der Waals surface area contributed by atoms with Crippen molar-refractivity contribution in [3.63, 3.8) is 0 Å². The lowest BCUT2D eigenvalue weighted by molar-refractivity contribution is -0.146. The minimum Gasteiger partial charge on any atom is -0.385 e. The molecule has 120 valence electrons. The van der Waals surface area contributed by atoms with Crippen LogP contribution in [0.3, 0.4) is 0 Å². The van der Waals surface area contributed by atoms with Crippen molar-refractivity contribution in [2.45, 2.75) is 65.0 Å². The molecule has 1 heterocycles. The van der Waals surface area contributed by atoms with Crippen molar-refractivity contribution < 1.29 is 4.74 Å². The Balaban J connectivity index is 1.79. The van der Waals surface area contributed by atoms with E-state index in [9.17, 15) is 0 Å². The van der Waals surface area contributed by atoms with Gasteiger partial charge in [-0.2, -0.15) is 5.11 Å². The molecule has 4 nitrogen and oxygen atoms in total. The first-order valence-corrected chi connectivity index (χ1v) is 8.60. The SMILES string of the molecule is COCCC12N=NN(CCC(C)C)C1CC1CC2C1(C)C. The van der Waals surface area contributed by atoms with Crippen molar-refractivity contribution >= 4 is 0 Å². The van der Waals surface area contributed by atoms with Crippen LogP contribution < -0.4 is 0 Å². The van der Waals surface area contributed by atoms with Gasteiger partial charge in [-0.25, -0.2) is 0 Å². The number of nitrogens with zero attached hydrogens (tertiary/aromatic N) is 3. The van der Waals surface area contributed by atoms with Crippen LogP contribution in [-0.4, -0.2) is 36.9 Å². The van der Waals surface area contributed by atoms with Crippen molar-refractivity contribution in [2.75, 3.05) is 20.3 Å². The number of ether oxygens (including phenoxy) is 1. The standard InChI is InChI=1S/C17H31N3O/c1-12(2)6-8-20-15-11-13-10-14(16(13,3)4)17(15,18-19-20)7-9-21-5/h12-15H,6-11H2,1-5H3. The largest absolute Gasteiger partial charge is 0.385 e. The highest BCUT2D eigenvalue weighted by atomic mass is 16.5. The molecule has 0 saturated heterocycles. The maximum absolute atomic E-state index is 5.39. The van der Waals surface area contributed by atoms with Crippen LogP contribution in [0.5, 0.6) is 0 Å². The van der Waals surface area contributed by atoms with Gasteiger partial charge in [0.1, 0.15) is 5.54 Å². The van der Waals surface area contributed by atoms with Crippen LogP contribution >= 0.6 is 0 Å². The summed E-state index contributed by atoms with van der Waals surface area (Å²) >= 11 is 0. The Labute approximate surface area is 129 Å². The van der Waals surface area contributed by atoms with E-state index >= 15 is 0 Å². The third-order valence-corrected chi connectivity index (χ3v) is 6.51. The number of hydrogen-bond donors (Lipinski definition) is 0. The van der Waals surface area contributed by atoms with Gasteiger partial charge < -0.3 is 4.74 Å². The summed E-state index contributed by atoms with van der Waals surface area (Å²) in [6.45, 7) is 11.3. The summed E-state index contributed by atoms with van der Waals surface area (Å²) in [4.78, 5) is 0. The normalized spacial score (nSPS) is 39.5. The molecular formula is C17H31N3O. The molecule has 4 unspecified atom stereocenters. The molecular weight excluding hydrogens is 262 g/mol. The summed E-state index contributed by atoms with van der Waals surface area (Å²) in [5.74, 6) is 2.26. The van der Waals surface area contributed by atoms with Gasteiger partial charge in [-0.05, 0) is 42.4 Å². The van der Waals surface area contributed by atoms with Crippen molar-refractivity contribution in [2.24, 2.45) is 33.5 Å². The second-order valence-corrected chi connectivity index (χ2v) is 8.33. The topological polar surface area (TPSA) is 37.2 Å². The predicted octanol–water partition coefficient (Wildman–Crippen LogP) is 3.93. The number of rotatable bonds is 6. The lowest BCUT2D eigenvalue weighted by Gasteiger charge is -2.65. The Morgan fingerprint density at radius 3 is 2.67 bits per heavy atom. The van der Waals surface area contributed by atoms with E-state index in [1.807, 2.05) is 0 Å². The fourth-order valence-electron chi connectivity index (χ4n) is 4.94. The van der Waals surface area contributed by atoms with Crippen LogP contribution in [-0.2, 0) is 4.74 Å². The van der Waals surface area contributed by atoms with Crippen LogP contribution in [0.25, 0.3) is 0 Å². The maximum Gasteiger partial charge on any atom is 0.111 e. The Bertz CT molecular complexity index is 420. The number of hydrogen-bond acceptors (Lipinski definition) is 4. The Hall–Kier alpha value is -0.640. The Kier molecular flexibility index (Phi) is 3.79. The molecule has 0 aromatic rings. The summed E-state index contributed by atoms with van der Waals surface area (Å²) < 4.78 is 5.39. The molecule has 21 heavy (non-hydrogen) atoms. The molecule has 2 bridgehead atoms. The van der Waals surface area contributed by atoms with Crippen LogP contribution in [0.4, 0.5) is 0 Å². The van der Waals surface area contributed by atoms with Crippen molar-refractivity contribution in [3.8, 4) is 0 Å². The highest BCUT2D eigenvalue weighted by Crippen LogP contribution is 2.66. The highest BCUT2D eigenvalue weighted by Gasteiger charge is 2.68. The van der Waals surface area contributed by atoms with Gasteiger partial charge in [-0.15, -0.1) is 0 Å². The van der Waals surface area contributed by atoms with E-state index in [-0.39, 0.29) is 5.54 Å². The lowest BCUT2D eigenvalue weighted by atomic mass is 9.41. The van der Waals surface area contributed by atoms with E-state index in [2.05, 4.69) is 37.9 Å². The smallest absolute Gasteiger partial charge is 0.111 e. The number of methoxy groups -OCH3 is 1. The molecule has 0 aromatic carbocycles. The van der Waals surface area contributed by atoms with Gasteiger partial charge in [0.05, 0.1) is 6.04 Å². The first kappa shape index (κ1) is 15.3. The summed E-state index contributed by atoms with van der Waals surface area (Å²) in [7, 11) is 1.80. The summed E-state index contributed by atoms with van der Waals surface area (Å²) in [5, 5.41) is 11.8. The zero-order chi connectivity index (χ0) is 15.3. The van der Waals surface area contributed by atoms with Crippen molar-refractivity contribution in [1.29, 1.82) is 0 Å². The zero-order valence-electron chi connectivity index (χ0n) is 14.3. The van der Waals surface area contributed by atoms with Crippen LogP contribution in [0.2, 0.25) is 0 Å². The molecule has 0 N–H and O–H groups in total. The first-order chi connectivity index (χ1) is 9.91. The molecule has 4 heteroatoms. The average molecular weight is 293 g/mol. The third-order valence-electron chi connectivity index (χ3n) is 6.51. The Morgan fingerprint density at radius 1 is 1.29 bits per heavy atom. The van der Waals surface area contributed by atoms with Gasteiger partial charge in [0.2, 0.25) is 0 Å². The molecule has 3 saturated carbocycles. The average Bonchev–Trinajstić information content (AvgIpc) is 2.81. The second kappa shape index (κ2) is 5.22. The van der Waals surface area contributed by atoms with Crippen LogP contribution in [0.15, 0.2) is 10.3 Å². The van der Waals surface area contributed by atoms with Gasteiger partial charge in [0.25, 0.3) is 0 Å².